The van der Waals surface area contributed by atoms with Crippen LogP contribution in [0, 0.1) is 0 Å². The Morgan fingerprint density at radius 3 is 2.47 bits per heavy atom. The van der Waals surface area contributed by atoms with Gasteiger partial charge in [-0.2, -0.15) is 4.99 Å². The summed E-state index contributed by atoms with van der Waals surface area (Å²) in [5.41, 5.74) is 1.17. The van der Waals surface area contributed by atoms with Crippen LogP contribution in [0.5, 0.6) is 0 Å². The average molecular weight is 489 g/mol. The maximum atomic E-state index is 13.1. The van der Waals surface area contributed by atoms with Crippen molar-refractivity contribution in [2.45, 2.75) is 63.7 Å². The van der Waals surface area contributed by atoms with Gasteiger partial charge in [0.25, 0.3) is 11.8 Å². The van der Waals surface area contributed by atoms with Crippen molar-refractivity contribution in [3.63, 3.8) is 0 Å². The van der Waals surface area contributed by atoms with Gasteiger partial charge in [0, 0.05) is 50.5 Å². The molecule has 3 amide bonds. The van der Waals surface area contributed by atoms with Gasteiger partial charge in [0.1, 0.15) is 5.25 Å². The third-order valence-corrected chi connectivity index (χ3v) is 7.54. The minimum atomic E-state index is -0.479. The second kappa shape index (κ2) is 12.9. The lowest BCUT2D eigenvalue weighted by molar-refractivity contribution is -0.121. The van der Waals surface area contributed by atoms with Gasteiger partial charge in [-0.1, -0.05) is 25.6 Å². The van der Waals surface area contributed by atoms with Gasteiger partial charge < -0.3 is 19.9 Å². The molecule has 0 spiro atoms. The molecule has 0 radical (unpaired) electrons. The molecular weight excluding hydrogens is 452 g/mol. The van der Waals surface area contributed by atoms with Crippen LogP contribution in [0.15, 0.2) is 29.3 Å². The van der Waals surface area contributed by atoms with Gasteiger partial charge in [-0.15, -0.1) is 0 Å². The fourth-order valence-electron chi connectivity index (χ4n) is 4.34. The first kappa shape index (κ1) is 26.2. The van der Waals surface area contributed by atoms with Gasteiger partial charge in [0.15, 0.2) is 5.17 Å². The molecular formula is C25H36N4O4S. The Hall–Kier alpha value is -2.39. The van der Waals surface area contributed by atoms with Crippen LogP contribution < -0.4 is 5.32 Å². The maximum Gasteiger partial charge on any atom is 0.262 e. The molecule has 1 N–H and O–H groups in total. The molecule has 0 aromatic heterocycles. The number of aliphatic imine (C=N–C) groups is 1. The van der Waals surface area contributed by atoms with Crippen molar-refractivity contribution in [1.82, 2.24) is 9.80 Å². The van der Waals surface area contributed by atoms with Gasteiger partial charge in [0.05, 0.1) is 6.61 Å². The Morgan fingerprint density at radius 1 is 1.18 bits per heavy atom. The maximum absolute atomic E-state index is 13.1. The Morgan fingerprint density at radius 2 is 1.85 bits per heavy atom. The molecule has 0 saturated carbocycles. The van der Waals surface area contributed by atoms with E-state index in [0.29, 0.717) is 24.4 Å². The van der Waals surface area contributed by atoms with Crippen LogP contribution in [0.2, 0.25) is 0 Å². The number of hydrogen-bond donors (Lipinski definition) is 1. The lowest BCUT2D eigenvalue weighted by atomic mass is 10.1. The van der Waals surface area contributed by atoms with Crippen molar-refractivity contribution in [3.05, 3.63) is 29.8 Å². The molecule has 34 heavy (non-hydrogen) atoms. The van der Waals surface area contributed by atoms with Crippen LogP contribution in [-0.2, 0) is 14.3 Å². The molecule has 3 rings (SSSR count). The molecule has 1 atom stereocenters. The number of likely N-dealkylation sites (tertiary alicyclic amines) is 1. The van der Waals surface area contributed by atoms with E-state index in [1.165, 1.54) is 18.2 Å². The van der Waals surface area contributed by atoms with Crippen molar-refractivity contribution >= 4 is 40.3 Å². The summed E-state index contributed by atoms with van der Waals surface area (Å²) in [5, 5.41) is 3.12. The molecule has 2 aliphatic rings. The smallest absolute Gasteiger partial charge is 0.262 e. The van der Waals surface area contributed by atoms with E-state index in [0.717, 1.165) is 43.9 Å². The highest BCUT2D eigenvalue weighted by Crippen LogP contribution is 2.29. The molecule has 2 aliphatic heterocycles. The number of rotatable bonds is 10. The highest BCUT2D eigenvalue weighted by atomic mass is 32.2. The second-order valence-electron chi connectivity index (χ2n) is 8.68. The number of carbonyl (C=O) groups is 3. The minimum Gasteiger partial charge on any atom is -0.383 e. The zero-order valence-electron chi connectivity index (χ0n) is 20.4. The summed E-state index contributed by atoms with van der Waals surface area (Å²) in [5.74, 6) is -0.517. The van der Waals surface area contributed by atoms with Crippen molar-refractivity contribution in [1.29, 1.82) is 0 Å². The Bertz CT molecular complexity index is 879. The topological polar surface area (TPSA) is 91.3 Å². The summed E-state index contributed by atoms with van der Waals surface area (Å²) in [6.45, 7) is 7.01. The Labute approximate surface area is 206 Å². The zero-order valence-corrected chi connectivity index (χ0v) is 21.2. The van der Waals surface area contributed by atoms with Gasteiger partial charge in [-0.3, -0.25) is 14.4 Å². The Balaban J connectivity index is 1.55. The fourth-order valence-corrected chi connectivity index (χ4v) is 5.46. The summed E-state index contributed by atoms with van der Waals surface area (Å²) in [6, 6.07) is 7.07. The molecule has 1 fully saturated rings. The number of methoxy groups -OCH3 is 1. The molecule has 1 unspecified atom stereocenters. The van der Waals surface area contributed by atoms with Gasteiger partial charge in [0.2, 0.25) is 5.91 Å². The van der Waals surface area contributed by atoms with E-state index in [-0.39, 0.29) is 30.2 Å². The number of carbonyl (C=O) groups excluding carboxylic acids is 3. The van der Waals surface area contributed by atoms with E-state index in [2.05, 4.69) is 29.1 Å². The molecule has 8 nitrogen and oxygen atoms in total. The first-order valence-electron chi connectivity index (χ1n) is 12.2. The van der Waals surface area contributed by atoms with Crippen molar-refractivity contribution in [2.24, 2.45) is 4.99 Å². The van der Waals surface area contributed by atoms with Crippen molar-refractivity contribution in [2.75, 3.05) is 38.7 Å². The van der Waals surface area contributed by atoms with Crippen LogP contribution in [0.4, 0.5) is 5.69 Å². The van der Waals surface area contributed by atoms with Gasteiger partial charge in [-0.25, -0.2) is 0 Å². The molecule has 0 bridgehead atoms. The predicted octanol–water partition coefficient (Wildman–Crippen LogP) is 3.78. The number of benzene rings is 1. The van der Waals surface area contributed by atoms with Gasteiger partial charge >= 0.3 is 0 Å². The largest absolute Gasteiger partial charge is 0.383 e. The number of piperidine rings is 1. The molecule has 186 valence electrons. The standard InChI is InChI=1S/C25H36N4O4S/c1-4-20(5-2)29(15-16-33-3)24(32)18-9-11-19(12-10-18)26-22(30)17-21-23(31)27-25(34-21)28-13-7-6-8-14-28/h9-12,20-21H,4-8,13-17H2,1-3H3,(H,26,30). The first-order valence-corrected chi connectivity index (χ1v) is 13.1. The van der Waals surface area contributed by atoms with Crippen LogP contribution >= 0.6 is 11.8 Å². The molecule has 1 saturated heterocycles. The first-order chi connectivity index (χ1) is 16.5. The number of ether oxygens (including phenoxy) is 1. The van der Waals surface area contributed by atoms with Crippen LogP contribution in [0.25, 0.3) is 0 Å². The van der Waals surface area contributed by atoms with E-state index in [4.69, 9.17) is 4.74 Å². The third-order valence-electron chi connectivity index (χ3n) is 6.32. The lowest BCUT2D eigenvalue weighted by Crippen LogP contribution is -2.41. The molecule has 0 aliphatic carbocycles. The summed E-state index contributed by atoms with van der Waals surface area (Å²) >= 11 is 1.39. The van der Waals surface area contributed by atoms with Crippen molar-refractivity contribution in [3.8, 4) is 0 Å². The van der Waals surface area contributed by atoms with Gasteiger partial charge in [-0.05, 0) is 56.4 Å². The lowest BCUT2D eigenvalue weighted by Gasteiger charge is -2.30. The predicted molar refractivity (Wildman–Crippen MR) is 136 cm³/mol. The number of thioether (sulfide) groups is 1. The molecule has 1 aromatic carbocycles. The number of anilines is 1. The monoisotopic (exact) mass is 488 g/mol. The zero-order chi connectivity index (χ0) is 24.5. The second-order valence-corrected chi connectivity index (χ2v) is 9.85. The SMILES string of the molecule is CCC(CC)N(CCOC)C(=O)c1ccc(NC(=O)CC2SC(N3CCCCC3)=NC2=O)cc1. The summed E-state index contributed by atoms with van der Waals surface area (Å²) in [7, 11) is 1.63. The average Bonchev–Trinajstić information content (AvgIpc) is 3.22. The Kier molecular flexibility index (Phi) is 9.95. The summed E-state index contributed by atoms with van der Waals surface area (Å²) in [4.78, 5) is 46.2. The molecule has 9 heteroatoms. The van der Waals surface area contributed by atoms with E-state index in [1.807, 2.05) is 4.90 Å². The number of hydrogen-bond acceptors (Lipinski definition) is 6. The number of amidine groups is 1. The molecule has 2 heterocycles. The summed E-state index contributed by atoms with van der Waals surface area (Å²) in [6.07, 6.45) is 5.26. The fraction of sp³-hybridized carbons (Fsp3) is 0.600. The normalized spacial score (nSPS) is 18.2. The van der Waals surface area contributed by atoms with E-state index < -0.39 is 5.25 Å². The number of nitrogens with one attached hydrogen (secondary N) is 1. The number of amides is 3. The summed E-state index contributed by atoms with van der Waals surface area (Å²) < 4.78 is 5.19. The van der Waals surface area contributed by atoms with Crippen molar-refractivity contribution < 1.29 is 19.1 Å². The highest BCUT2D eigenvalue weighted by Gasteiger charge is 2.33. The third kappa shape index (κ3) is 6.82. The van der Waals surface area contributed by atoms with E-state index in [9.17, 15) is 14.4 Å². The highest BCUT2D eigenvalue weighted by molar-refractivity contribution is 8.15. The quantitative estimate of drug-likeness (QED) is 0.539. The van der Waals surface area contributed by atoms with E-state index in [1.54, 1.807) is 31.4 Å². The molecule has 1 aromatic rings. The van der Waals surface area contributed by atoms with Crippen LogP contribution in [-0.4, -0.2) is 77.3 Å². The van der Waals surface area contributed by atoms with E-state index >= 15 is 0 Å². The van der Waals surface area contributed by atoms with Crippen LogP contribution in [0.3, 0.4) is 0 Å². The minimum absolute atomic E-state index is 0.0426. The van der Waals surface area contributed by atoms with Crippen LogP contribution in [0.1, 0.15) is 62.7 Å². The number of nitrogens with zero attached hydrogens (tertiary/aromatic N) is 3.